The lowest BCUT2D eigenvalue weighted by Crippen LogP contribution is -2.38. The van der Waals surface area contributed by atoms with E-state index in [1.807, 2.05) is 48.4 Å². The third-order valence-corrected chi connectivity index (χ3v) is 7.50. The van der Waals surface area contributed by atoms with Gasteiger partial charge in [-0.15, -0.1) is 0 Å². The monoisotopic (exact) mass is 561 g/mol. The number of H-pyrrole nitrogens is 1. The first kappa shape index (κ1) is 26.7. The van der Waals surface area contributed by atoms with E-state index >= 15 is 0 Å². The Morgan fingerprint density at radius 2 is 2.10 bits per heavy atom. The van der Waals surface area contributed by atoms with E-state index < -0.39 is 0 Å². The van der Waals surface area contributed by atoms with Gasteiger partial charge in [0.15, 0.2) is 0 Å². The van der Waals surface area contributed by atoms with E-state index in [1.54, 1.807) is 18.3 Å². The smallest absolute Gasteiger partial charge is 0.255 e. The highest BCUT2D eigenvalue weighted by molar-refractivity contribution is 6.34. The maximum Gasteiger partial charge on any atom is 0.255 e. The van der Waals surface area contributed by atoms with Crippen molar-refractivity contribution in [3.8, 4) is 0 Å². The van der Waals surface area contributed by atoms with Crippen LogP contribution in [0.1, 0.15) is 65.6 Å². The van der Waals surface area contributed by atoms with Gasteiger partial charge in [-0.3, -0.25) is 9.78 Å². The van der Waals surface area contributed by atoms with Crippen molar-refractivity contribution in [1.29, 1.82) is 0 Å². The van der Waals surface area contributed by atoms with E-state index in [9.17, 15) is 4.79 Å². The van der Waals surface area contributed by atoms with Gasteiger partial charge in [-0.05, 0) is 68.1 Å². The normalized spacial score (nSPS) is 16.5. The quantitative estimate of drug-likeness (QED) is 0.174. The number of benzene rings is 2. The average Bonchev–Trinajstić information content (AvgIpc) is 3.37. The topological polar surface area (TPSA) is 112 Å². The van der Waals surface area contributed by atoms with Crippen LogP contribution < -0.4 is 11.1 Å². The number of hydrogen-bond acceptors (Lipinski definition) is 5. The summed E-state index contributed by atoms with van der Waals surface area (Å²) < 4.78 is 0. The number of imidazole rings is 1. The molecule has 5 rings (SSSR count). The van der Waals surface area contributed by atoms with Crippen molar-refractivity contribution in [3.63, 3.8) is 0 Å². The molecule has 2 aromatic carbocycles. The lowest BCUT2D eigenvalue weighted by molar-refractivity contribution is 0.0611. The molecule has 200 valence electrons. The molecule has 1 aliphatic rings. The summed E-state index contributed by atoms with van der Waals surface area (Å²) in [5.41, 5.74) is 10.4. The molecule has 0 bridgehead atoms. The molecule has 4 N–H and O–H groups in total. The molecule has 1 amide bonds. The van der Waals surface area contributed by atoms with Gasteiger partial charge in [-0.2, -0.15) is 0 Å². The fourth-order valence-electron chi connectivity index (χ4n) is 5.01. The minimum Gasteiger partial charge on any atom is -0.390 e. The number of aromatic amines is 1. The zero-order chi connectivity index (χ0) is 27.5. The van der Waals surface area contributed by atoms with Crippen molar-refractivity contribution < 1.29 is 4.79 Å². The van der Waals surface area contributed by atoms with E-state index in [-0.39, 0.29) is 18.0 Å². The van der Waals surface area contributed by atoms with Crippen molar-refractivity contribution >= 4 is 57.9 Å². The Morgan fingerprint density at radius 3 is 2.87 bits per heavy atom. The van der Waals surface area contributed by atoms with E-state index in [0.29, 0.717) is 39.1 Å². The summed E-state index contributed by atoms with van der Waals surface area (Å²) in [6.07, 6.45) is 7.59. The second-order valence-corrected chi connectivity index (χ2v) is 10.4. The molecule has 8 nitrogen and oxygen atoms in total. The van der Waals surface area contributed by atoms with E-state index in [0.717, 1.165) is 41.7 Å². The second kappa shape index (κ2) is 11.5. The Balaban J connectivity index is 1.41. The molecule has 1 saturated heterocycles. The number of nitrogens with two attached hydrogens (primary N) is 1. The van der Waals surface area contributed by atoms with Gasteiger partial charge in [0.1, 0.15) is 5.82 Å². The minimum atomic E-state index is -0.216. The van der Waals surface area contributed by atoms with Crippen LogP contribution in [0.25, 0.3) is 16.7 Å². The van der Waals surface area contributed by atoms with Gasteiger partial charge in [0.05, 0.1) is 45.7 Å². The lowest BCUT2D eigenvalue weighted by atomic mass is 9.95. The number of aliphatic imine (C=N–C) groups is 1. The van der Waals surface area contributed by atoms with Crippen LogP contribution in [0.5, 0.6) is 0 Å². The third-order valence-electron chi connectivity index (χ3n) is 6.95. The molecule has 0 aliphatic carbocycles. The van der Waals surface area contributed by atoms with Crippen LogP contribution in [-0.2, 0) is 0 Å². The number of hydrogen-bond donors (Lipinski definition) is 3. The molecule has 2 unspecified atom stereocenters. The Labute approximate surface area is 237 Å². The molecular formula is C29H29Cl2N7O. The summed E-state index contributed by atoms with van der Waals surface area (Å²) in [7, 11) is 0. The molecule has 0 radical (unpaired) electrons. The van der Waals surface area contributed by atoms with Crippen LogP contribution in [0, 0.1) is 0 Å². The Bertz CT molecular complexity index is 1550. The number of carbonyl (C=O) groups is 1. The van der Waals surface area contributed by atoms with Crippen LogP contribution in [-0.4, -0.2) is 38.6 Å². The summed E-state index contributed by atoms with van der Waals surface area (Å²) in [4.78, 5) is 32.2. The first-order valence-corrected chi connectivity index (χ1v) is 13.5. The average molecular weight is 563 g/mol. The SMILES string of the molecule is C=C(NC(C)c1nc2cc(Cl)ccc2[nH]1)c1cc(Cl)c(C(=O)N2CCCCC2c2cccnc2)cc1/N=C\N. The number of halogens is 2. The van der Waals surface area contributed by atoms with Crippen molar-refractivity contribution in [1.82, 2.24) is 25.2 Å². The summed E-state index contributed by atoms with van der Waals surface area (Å²) in [6.45, 7) is 6.81. The van der Waals surface area contributed by atoms with E-state index in [1.165, 1.54) is 6.34 Å². The predicted molar refractivity (Wildman–Crippen MR) is 157 cm³/mol. The number of fused-ring (bicyclic) bond motifs is 1. The molecule has 1 aliphatic heterocycles. The highest BCUT2D eigenvalue weighted by atomic mass is 35.5. The van der Waals surface area contributed by atoms with E-state index in [4.69, 9.17) is 28.9 Å². The summed E-state index contributed by atoms with van der Waals surface area (Å²) in [5, 5.41) is 4.29. The first-order chi connectivity index (χ1) is 18.9. The zero-order valence-corrected chi connectivity index (χ0v) is 23.0. The molecule has 2 aromatic heterocycles. The van der Waals surface area contributed by atoms with Gasteiger partial charge in [-0.1, -0.05) is 35.8 Å². The van der Waals surface area contributed by atoms with Gasteiger partial charge < -0.3 is 20.9 Å². The number of carbonyl (C=O) groups excluding carboxylic acids is 1. The maximum absolute atomic E-state index is 13.8. The molecule has 3 heterocycles. The van der Waals surface area contributed by atoms with E-state index in [2.05, 4.69) is 31.8 Å². The molecule has 4 aromatic rings. The van der Waals surface area contributed by atoms with Crippen LogP contribution in [0.2, 0.25) is 10.0 Å². The zero-order valence-electron chi connectivity index (χ0n) is 21.5. The molecule has 2 atom stereocenters. The molecule has 10 heteroatoms. The molecule has 39 heavy (non-hydrogen) atoms. The van der Waals surface area contributed by atoms with Gasteiger partial charge >= 0.3 is 0 Å². The largest absolute Gasteiger partial charge is 0.390 e. The van der Waals surface area contributed by atoms with Gasteiger partial charge in [0, 0.05) is 35.2 Å². The molecule has 0 saturated carbocycles. The molecule has 0 spiro atoms. The highest BCUT2D eigenvalue weighted by Crippen LogP contribution is 2.36. The number of piperidine rings is 1. The Morgan fingerprint density at radius 1 is 1.26 bits per heavy atom. The Hall–Kier alpha value is -3.88. The third kappa shape index (κ3) is 5.62. The Kier molecular flexibility index (Phi) is 7.86. The van der Waals surface area contributed by atoms with Crippen molar-refractivity contribution in [2.45, 2.75) is 38.3 Å². The minimum absolute atomic E-state index is 0.0617. The van der Waals surface area contributed by atoms with Crippen LogP contribution in [0.3, 0.4) is 0 Å². The van der Waals surface area contributed by atoms with Crippen molar-refractivity contribution in [2.75, 3.05) is 6.54 Å². The van der Waals surface area contributed by atoms with Crippen molar-refractivity contribution in [2.24, 2.45) is 10.7 Å². The van der Waals surface area contributed by atoms with Crippen molar-refractivity contribution in [3.05, 3.63) is 94.0 Å². The maximum atomic E-state index is 13.8. The number of likely N-dealkylation sites (tertiary alicyclic amines) is 1. The predicted octanol–water partition coefficient (Wildman–Crippen LogP) is 6.57. The number of aromatic nitrogens is 3. The molecular weight excluding hydrogens is 533 g/mol. The fourth-order valence-corrected chi connectivity index (χ4v) is 5.43. The van der Waals surface area contributed by atoms with Gasteiger partial charge in [-0.25, -0.2) is 9.98 Å². The molecule has 1 fully saturated rings. The first-order valence-electron chi connectivity index (χ1n) is 12.8. The number of nitrogens with one attached hydrogen (secondary N) is 2. The van der Waals surface area contributed by atoms with Crippen LogP contribution >= 0.6 is 23.2 Å². The van der Waals surface area contributed by atoms with Crippen LogP contribution in [0.4, 0.5) is 5.69 Å². The highest BCUT2D eigenvalue weighted by Gasteiger charge is 2.30. The standard InChI is InChI=1S/C29H29Cl2N7O/c1-17(35-18(2)28-36-24-9-8-20(30)12-26(24)37-28)21-13-23(31)22(14-25(21)34-16-32)29(39)38-11-4-3-7-27(38)19-6-5-10-33-15-19/h5-6,8-10,12-16,18,27,35H,1,3-4,7,11H2,2H3,(H2,32,34)(H,36,37). The number of nitrogens with zero attached hydrogens (tertiary/aromatic N) is 4. The number of amides is 1. The van der Waals surface area contributed by atoms with Gasteiger partial charge in [0.25, 0.3) is 5.91 Å². The fraction of sp³-hybridized carbons (Fsp3) is 0.241. The van der Waals surface area contributed by atoms with Gasteiger partial charge in [0.2, 0.25) is 0 Å². The number of pyridine rings is 1. The lowest BCUT2D eigenvalue weighted by Gasteiger charge is -2.36. The summed E-state index contributed by atoms with van der Waals surface area (Å²) in [5.74, 6) is 0.572. The van der Waals surface area contributed by atoms with Crippen LogP contribution in [0.15, 0.2) is 66.4 Å². The number of rotatable bonds is 7. The second-order valence-electron chi connectivity index (χ2n) is 9.55. The summed E-state index contributed by atoms with van der Waals surface area (Å²) >= 11 is 12.8. The summed E-state index contributed by atoms with van der Waals surface area (Å²) in [6, 6.07) is 12.5.